The summed E-state index contributed by atoms with van der Waals surface area (Å²) in [5, 5.41) is 11.9. The van der Waals surface area contributed by atoms with E-state index in [-0.39, 0.29) is 22.4 Å². The van der Waals surface area contributed by atoms with Crippen molar-refractivity contribution in [3.8, 4) is 11.5 Å². The lowest BCUT2D eigenvalue weighted by Crippen LogP contribution is -2.37. The summed E-state index contributed by atoms with van der Waals surface area (Å²) >= 11 is 0. The predicted molar refractivity (Wildman–Crippen MR) is 101 cm³/mol. The Bertz CT molecular complexity index is 1170. The quantitative estimate of drug-likeness (QED) is 0.508. The van der Waals surface area contributed by atoms with Gasteiger partial charge in [-0.2, -0.15) is 13.2 Å². The first-order valence-electron chi connectivity index (χ1n) is 9.11. The second-order valence-corrected chi connectivity index (χ2v) is 7.05. The average molecular weight is 453 g/mol. The van der Waals surface area contributed by atoms with Gasteiger partial charge in [-0.3, -0.25) is 4.79 Å². The third-order valence-electron chi connectivity index (χ3n) is 5.17. The maximum atomic E-state index is 13.6. The summed E-state index contributed by atoms with van der Waals surface area (Å²) in [6.45, 7) is 0. The van der Waals surface area contributed by atoms with Crippen molar-refractivity contribution >= 4 is 11.6 Å². The zero-order chi connectivity index (χ0) is 23.3. The Morgan fingerprint density at radius 1 is 0.812 bits per heavy atom. The van der Waals surface area contributed by atoms with E-state index in [2.05, 4.69) is 10.1 Å². The molecule has 0 bridgehead atoms. The van der Waals surface area contributed by atoms with Crippen LogP contribution in [0.3, 0.4) is 0 Å². The number of rotatable bonds is 3. The molecule has 0 aliphatic carbocycles. The number of carbonyl (C=O) groups excluding carboxylic acids is 1. The number of phenols is 1. The second kappa shape index (κ2) is 7.18. The van der Waals surface area contributed by atoms with E-state index >= 15 is 0 Å². The molecule has 0 saturated carbocycles. The monoisotopic (exact) mass is 453 g/mol. The van der Waals surface area contributed by atoms with E-state index in [0.717, 1.165) is 24.3 Å². The fraction of sp³-hybridized carbons (Fsp3) is 0.136. The summed E-state index contributed by atoms with van der Waals surface area (Å²) in [6, 6.07) is 12.9. The van der Waals surface area contributed by atoms with Crippen LogP contribution in [0.2, 0.25) is 0 Å². The molecule has 1 unspecified atom stereocenters. The average Bonchev–Trinajstić information content (AvgIpc) is 3.00. The van der Waals surface area contributed by atoms with Crippen molar-refractivity contribution in [1.82, 2.24) is 0 Å². The van der Waals surface area contributed by atoms with Crippen LogP contribution >= 0.6 is 0 Å². The second-order valence-electron chi connectivity index (χ2n) is 7.05. The van der Waals surface area contributed by atoms with E-state index in [1.54, 1.807) is 0 Å². The molecule has 0 radical (unpaired) electrons. The molecule has 10 heteroatoms. The van der Waals surface area contributed by atoms with Crippen LogP contribution in [0.25, 0.3) is 0 Å². The van der Waals surface area contributed by atoms with E-state index in [9.17, 15) is 36.2 Å². The Morgan fingerprint density at radius 2 is 1.38 bits per heavy atom. The third kappa shape index (κ3) is 3.51. The number of nitrogens with one attached hydrogen (secondary N) is 1. The lowest BCUT2D eigenvalue weighted by Gasteiger charge is -2.29. The molecule has 0 aromatic heterocycles. The maximum absolute atomic E-state index is 13.6. The lowest BCUT2D eigenvalue weighted by atomic mass is 9.70. The zero-order valence-corrected chi connectivity index (χ0v) is 15.9. The first-order valence-corrected chi connectivity index (χ1v) is 9.11. The van der Waals surface area contributed by atoms with Crippen molar-refractivity contribution in [2.75, 3.05) is 5.32 Å². The van der Waals surface area contributed by atoms with Gasteiger partial charge in [0.25, 0.3) is 0 Å². The Morgan fingerprint density at radius 3 is 1.91 bits per heavy atom. The molecule has 1 aliphatic heterocycles. The lowest BCUT2D eigenvalue weighted by molar-refractivity contribution is -0.274. The predicted octanol–water partition coefficient (Wildman–Crippen LogP) is 5.60. The zero-order valence-electron chi connectivity index (χ0n) is 15.9. The summed E-state index contributed by atoms with van der Waals surface area (Å²) in [5.41, 5.74) is -2.98. The van der Waals surface area contributed by atoms with Crippen LogP contribution in [-0.4, -0.2) is 17.4 Å². The molecular formula is C22H13F6NO3. The molecule has 1 aliphatic rings. The van der Waals surface area contributed by atoms with Crippen LogP contribution in [0.5, 0.6) is 11.5 Å². The molecule has 3 aromatic rings. The van der Waals surface area contributed by atoms with Gasteiger partial charge in [0, 0.05) is 5.56 Å². The van der Waals surface area contributed by atoms with Crippen LogP contribution in [0.15, 0.2) is 66.7 Å². The van der Waals surface area contributed by atoms with Crippen LogP contribution < -0.4 is 10.1 Å². The minimum atomic E-state index is -4.94. The summed E-state index contributed by atoms with van der Waals surface area (Å²) in [5.74, 6) is -1.51. The number of hydrogen-bond acceptors (Lipinski definition) is 3. The molecule has 1 atom stereocenters. The topological polar surface area (TPSA) is 58.6 Å². The Kier molecular flexibility index (Phi) is 4.83. The van der Waals surface area contributed by atoms with Crippen molar-refractivity contribution in [3.05, 3.63) is 89.0 Å². The molecule has 0 saturated heterocycles. The number of ether oxygens (including phenoxy) is 1. The van der Waals surface area contributed by atoms with Gasteiger partial charge in [0.15, 0.2) is 0 Å². The van der Waals surface area contributed by atoms with Crippen molar-refractivity contribution in [3.63, 3.8) is 0 Å². The van der Waals surface area contributed by atoms with Gasteiger partial charge in [0.1, 0.15) is 16.9 Å². The fourth-order valence-electron chi connectivity index (χ4n) is 3.92. The standard InChI is InChI=1S/C22H13F6NO3/c23-21(24,25)17-3-1-2-16-18(17)29-19(31)20(16,12-4-8-14(30)9-5-12)13-6-10-15(11-7-13)32-22(26,27)28/h1-11,30H,(H,29,31). The Hall–Kier alpha value is -3.69. The van der Waals surface area contributed by atoms with E-state index in [0.29, 0.717) is 0 Å². The molecule has 1 heterocycles. The number of para-hydroxylation sites is 1. The Labute approximate surface area is 177 Å². The summed E-state index contributed by atoms with van der Waals surface area (Å²) in [7, 11) is 0. The smallest absolute Gasteiger partial charge is 0.508 e. The highest BCUT2D eigenvalue weighted by Crippen LogP contribution is 2.51. The number of alkyl halides is 6. The van der Waals surface area contributed by atoms with Gasteiger partial charge >= 0.3 is 12.5 Å². The largest absolute Gasteiger partial charge is 0.573 e. The van der Waals surface area contributed by atoms with Gasteiger partial charge in [0.05, 0.1) is 11.3 Å². The van der Waals surface area contributed by atoms with Gasteiger partial charge in [-0.05, 0) is 41.5 Å². The molecule has 32 heavy (non-hydrogen) atoms. The number of phenolic OH excluding ortho intramolecular Hbond substituents is 1. The fourth-order valence-corrected chi connectivity index (χ4v) is 3.92. The van der Waals surface area contributed by atoms with Crippen molar-refractivity contribution < 1.29 is 41.0 Å². The van der Waals surface area contributed by atoms with Gasteiger partial charge in [-0.25, -0.2) is 0 Å². The maximum Gasteiger partial charge on any atom is 0.573 e. The SMILES string of the molecule is O=C1Nc2c(C(F)(F)F)cccc2C1(c1ccc(O)cc1)c1ccc(OC(F)(F)F)cc1. The molecule has 2 N–H and O–H groups in total. The Balaban J connectivity index is 1.97. The van der Waals surface area contributed by atoms with Crippen molar-refractivity contribution in [1.29, 1.82) is 0 Å². The summed E-state index contributed by atoms with van der Waals surface area (Å²) in [4.78, 5) is 13.3. The van der Waals surface area contributed by atoms with E-state index < -0.39 is 40.9 Å². The summed E-state index contributed by atoms with van der Waals surface area (Å²) < 4.78 is 82.2. The molecule has 0 fully saturated rings. The number of benzene rings is 3. The molecule has 4 rings (SSSR count). The van der Waals surface area contributed by atoms with Crippen LogP contribution in [-0.2, 0) is 16.4 Å². The molecule has 4 nitrogen and oxygen atoms in total. The molecule has 1 amide bonds. The van der Waals surface area contributed by atoms with Crippen LogP contribution in [0, 0.1) is 0 Å². The first-order chi connectivity index (χ1) is 14.9. The highest BCUT2D eigenvalue weighted by atomic mass is 19.4. The van der Waals surface area contributed by atoms with E-state index in [1.165, 1.54) is 42.5 Å². The summed E-state index contributed by atoms with van der Waals surface area (Å²) in [6.07, 6.45) is -9.69. The van der Waals surface area contributed by atoms with Crippen molar-refractivity contribution in [2.45, 2.75) is 18.0 Å². The van der Waals surface area contributed by atoms with Crippen LogP contribution in [0.1, 0.15) is 22.3 Å². The molecule has 166 valence electrons. The number of aromatic hydroxyl groups is 1. The van der Waals surface area contributed by atoms with Gasteiger partial charge in [-0.15, -0.1) is 13.2 Å². The van der Waals surface area contributed by atoms with Gasteiger partial charge < -0.3 is 15.2 Å². The number of anilines is 1. The van der Waals surface area contributed by atoms with E-state index in [1.807, 2.05) is 0 Å². The van der Waals surface area contributed by atoms with E-state index in [4.69, 9.17) is 0 Å². The molecule has 0 spiro atoms. The number of halogens is 6. The number of fused-ring (bicyclic) bond motifs is 1. The highest BCUT2D eigenvalue weighted by molar-refractivity contribution is 6.12. The minimum Gasteiger partial charge on any atom is -0.508 e. The minimum absolute atomic E-state index is 0.0208. The van der Waals surface area contributed by atoms with Crippen molar-refractivity contribution in [2.24, 2.45) is 0 Å². The number of carbonyl (C=O) groups is 1. The number of hydrogen-bond donors (Lipinski definition) is 2. The molecule has 3 aromatic carbocycles. The third-order valence-corrected chi connectivity index (χ3v) is 5.17. The molecular weight excluding hydrogens is 440 g/mol. The number of amides is 1. The van der Waals surface area contributed by atoms with Crippen LogP contribution in [0.4, 0.5) is 32.0 Å². The van der Waals surface area contributed by atoms with Gasteiger partial charge in [0.2, 0.25) is 5.91 Å². The van der Waals surface area contributed by atoms with Gasteiger partial charge in [-0.1, -0.05) is 36.4 Å². The highest BCUT2D eigenvalue weighted by Gasteiger charge is 2.52. The normalized spacial score (nSPS) is 18.2. The first kappa shape index (κ1) is 21.5.